The first-order valence-corrected chi connectivity index (χ1v) is 10.5. The molecule has 0 aliphatic carbocycles. The molecule has 1 fully saturated rings. The van der Waals surface area contributed by atoms with Gasteiger partial charge in [0.15, 0.2) is 5.13 Å². The molecule has 0 saturated carbocycles. The lowest BCUT2D eigenvalue weighted by Crippen LogP contribution is -2.46. The Morgan fingerprint density at radius 2 is 1.89 bits per heavy atom. The molecule has 2 aliphatic rings. The van der Waals surface area contributed by atoms with Crippen LogP contribution in [-0.2, 0) is 17.8 Å². The second-order valence-electron chi connectivity index (χ2n) is 7.44. The van der Waals surface area contributed by atoms with E-state index in [-0.39, 0.29) is 0 Å². The third-order valence-corrected chi connectivity index (χ3v) is 6.55. The second-order valence-corrected chi connectivity index (χ2v) is 8.50. The summed E-state index contributed by atoms with van der Waals surface area (Å²) in [7, 11) is 4.04. The molecular formula is C20H24N6OS. The van der Waals surface area contributed by atoms with E-state index in [9.17, 15) is 0 Å². The van der Waals surface area contributed by atoms with E-state index in [1.54, 1.807) is 17.7 Å². The number of hydrogen-bond donors (Lipinski definition) is 0. The normalized spacial score (nSPS) is 17.1. The fraction of sp³-hybridized carbons (Fsp3) is 0.450. The molecular weight excluding hydrogens is 372 g/mol. The zero-order valence-electron chi connectivity index (χ0n) is 16.3. The highest BCUT2D eigenvalue weighted by molar-refractivity contribution is 7.15. The fourth-order valence-corrected chi connectivity index (χ4v) is 4.98. The van der Waals surface area contributed by atoms with Gasteiger partial charge >= 0.3 is 0 Å². The number of thiazole rings is 1. The van der Waals surface area contributed by atoms with Gasteiger partial charge in [0.25, 0.3) is 0 Å². The van der Waals surface area contributed by atoms with Crippen LogP contribution in [-0.4, -0.2) is 61.8 Å². The van der Waals surface area contributed by atoms with Gasteiger partial charge < -0.3 is 19.4 Å². The minimum Gasteiger partial charge on any atom is -0.375 e. The SMILES string of the molecule is CN(C)c1ncnc2ccc(N3CCN(c4nc5c(s4)COCC5)CC3)cc12. The van der Waals surface area contributed by atoms with E-state index in [4.69, 9.17) is 9.72 Å². The summed E-state index contributed by atoms with van der Waals surface area (Å²) in [6, 6.07) is 6.49. The Labute approximate surface area is 168 Å². The molecule has 0 atom stereocenters. The molecule has 5 rings (SSSR count). The molecule has 1 saturated heterocycles. The standard InChI is InChI=1S/C20H24N6OS/c1-24(2)19-15-11-14(3-4-16(15)21-13-22-19)25-6-8-26(9-7-25)20-23-17-5-10-27-12-18(17)28-20/h3-4,11,13H,5-10,12H2,1-2H3. The first-order valence-electron chi connectivity index (χ1n) is 9.67. The largest absolute Gasteiger partial charge is 0.375 e. The molecule has 0 radical (unpaired) electrons. The number of anilines is 3. The molecule has 2 aromatic heterocycles. The van der Waals surface area contributed by atoms with Gasteiger partial charge in [0.05, 0.1) is 29.3 Å². The highest BCUT2D eigenvalue weighted by Crippen LogP contribution is 2.32. The zero-order chi connectivity index (χ0) is 19.1. The van der Waals surface area contributed by atoms with Gasteiger partial charge in [-0.15, -0.1) is 0 Å². The molecule has 3 aromatic rings. The third-order valence-electron chi connectivity index (χ3n) is 5.42. The van der Waals surface area contributed by atoms with E-state index in [0.29, 0.717) is 0 Å². The van der Waals surface area contributed by atoms with Crippen LogP contribution in [0.25, 0.3) is 10.9 Å². The molecule has 8 heteroatoms. The van der Waals surface area contributed by atoms with Crippen LogP contribution < -0.4 is 14.7 Å². The number of rotatable bonds is 3. The summed E-state index contributed by atoms with van der Waals surface area (Å²) in [6.45, 7) is 5.45. The van der Waals surface area contributed by atoms with E-state index in [1.807, 2.05) is 19.0 Å². The van der Waals surface area contributed by atoms with Crippen LogP contribution in [0, 0.1) is 0 Å². The number of hydrogen-bond acceptors (Lipinski definition) is 8. The van der Waals surface area contributed by atoms with Gasteiger partial charge in [-0.2, -0.15) is 0 Å². The van der Waals surface area contributed by atoms with Gasteiger partial charge in [-0.1, -0.05) is 11.3 Å². The number of ether oxygens (including phenoxy) is 1. The number of benzene rings is 1. The molecule has 1 aromatic carbocycles. The molecule has 0 N–H and O–H groups in total. The van der Waals surface area contributed by atoms with Crippen LogP contribution in [0.1, 0.15) is 10.6 Å². The molecule has 28 heavy (non-hydrogen) atoms. The highest BCUT2D eigenvalue weighted by Gasteiger charge is 2.23. The maximum Gasteiger partial charge on any atom is 0.185 e. The first kappa shape index (κ1) is 17.6. The Hall–Kier alpha value is -2.45. The first-order chi connectivity index (χ1) is 13.7. The van der Waals surface area contributed by atoms with Crippen molar-refractivity contribution >= 4 is 38.9 Å². The minimum atomic E-state index is 0.723. The van der Waals surface area contributed by atoms with Crippen molar-refractivity contribution in [2.24, 2.45) is 0 Å². The van der Waals surface area contributed by atoms with E-state index < -0.39 is 0 Å². The number of piperazine rings is 1. The van der Waals surface area contributed by atoms with E-state index in [0.717, 1.165) is 67.7 Å². The Morgan fingerprint density at radius 1 is 1.07 bits per heavy atom. The fourth-order valence-electron chi connectivity index (χ4n) is 3.89. The molecule has 0 unspecified atom stereocenters. The lowest BCUT2D eigenvalue weighted by atomic mass is 10.1. The van der Waals surface area contributed by atoms with Gasteiger partial charge in [-0.05, 0) is 18.2 Å². The summed E-state index contributed by atoms with van der Waals surface area (Å²) < 4.78 is 5.56. The lowest BCUT2D eigenvalue weighted by Gasteiger charge is -2.36. The van der Waals surface area contributed by atoms with Crippen molar-refractivity contribution in [2.45, 2.75) is 13.0 Å². The van der Waals surface area contributed by atoms with Gasteiger partial charge in [0.1, 0.15) is 12.1 Å². The Kier molecular flexibility index (Phi) is 4.52. The van der Waals surface area contributed by atoms with Crippen LogP contribution in [0.3, 0.4) is 0 Å². The maximum absolute atomic E-state index is 5.56. The van der Waals surface area contributed by atoms with E-state index in [2.05, 4.69) is 38.0 Å². The maximum atomic E-state index is 5.56. The lowest BCUT2D eigenvalue weighted by molar-refractivity contribution is 0.112. The molecule has 2 aliphatic heterocycles. The highest BCUT2D eigenvalue weighted by atomic mass is 32.1. The van der Waals surface area contributed by atoms with Crippen molar-refractivity contribution in [1.82, 2.24) is 15.0 Å². The van der Waals surface area contributed by atoms with Gasteiger partial charge in [-0.25, -0.2) is 15.0 Å². The van der Waals surface area contributed by atoms with Crippen LogP contribution in [0.5, 0.6) is 0 Å². The summed E-state index contributed by atoms with van der Waals surface area (Å²) in [5.74, 6) is 0.959. The smallest absolute Gasteiger partial charge is 0.185 e. The minimum absolute atomic E-state index is 0.723. The Balaban J connectivity index is 1.34. The average Bonchev–Trinajstić information content (AvgIpc) is 3.17. The average molecular weight is 397 g/mol. The van der Waals surface area contributed by atoms with Crippen LogP contribution in [0.15, 0.2) is 24.5 Å². The predicted octanol–water partition coefficient (Wildman–Crippen LogP) is 2.55. The second kappa shape index (κ2) is 7.18. The predicted molar refractivity (Wildman–Crippen MR) is 114 cm³/mol. The monoisotopic (exact) mass is 396 g/mol. The summed E-state index contributed by atoms with van der Waals surface area (Å²) >= 11 is 1.80. The summed E-state index contributed by atoms with van der Waals surface area (Å²) in [6.07, 6.45) is 2.58. The number of aromatic nitrogens is 3. The molecule has 0 amide bonds. The Morgan fingerprint density at radius 3 is 2.68 bits per heavy atom. The Bertz CT molecular complexity index is 972. The van der Waals surface area contributed by atoms with Crippen molar-refractivity contribution in [1.29, 1.82) is 0 Å². The van der Waals surface area contributed by atoms with Crippen LogP contribution in [0.2, 0.25) is 0 Å². The summed E-state index contributed by atoms with van der Waals surface area (Å²) in [4.78, 5) is 21.9. The van der Waals surface area contributed by atoms with Gasteiger partial charge in [-0.3, -0.25) is 0 Å². The molecule has 146 valence electrons. The van der Waals surface area contributed by atoms with Crippen molar-refractivity contribution < 1.29 is 4.74 Å². The summed E-state index contributed by atoms with van der Waals surface area (Å²) in [5, 5.41) is 2.25. The molecule has 0 spiro atoms. The summed E-state index contributed by atoms with van der Waals surface area (Å²) in [5.41, 5.74) is 3.45. The van der Waals surface area contributed by atoms with Crippen LogP contribution in [0.4, 0.5) is 16.6 Å². The molecule has 4 heterocycles. The molecule has 0 bridgehead atoms. The van der Waals surface area contributed by atoms with Crippen molar-refractivity contribution in [3.8, 4) is 0 Å². The number of nitrogens with zero attached hydrogens (tertiary/aromatic N) is 6. The quantitative estimate of drug-likeness (QED) is 0.674. The number of fused-ring (bicyclic) bond motifs is 2. The van der Waals surface area contributed by atoms with Crippen molar-refractivity contribution in [2.75, 3.05) is 61.6 Å². The van der Waals surface area contributed by atoms with E-state index in [1.165, 1.54) is 16.3 Å². The topological polar surface area (TPSA) is 57.6 Å². The van der Waals surface area contributed by atoms with Crippen molar-refractivity contribution in [3.05, 3.63) is 35.1 Å². The zero-order valence-corrected chi connectivity index (χ0v) is 17.1. The molecule has 7 nitrogen and oxygen atoms in total. The van der Waals surface area contributed by atoms with Crippen LogP contribution >= 0.6 is 11.3 Å². The third kappa shape index (κ3) is 3.16. The van der Waals surface area contributed by atoms with Gasteiger partial charge in [0.2, 0.25) is 0 Å². The van der Waals surface area contributed by atoms with Crippen molar-refractivity contribution in [3.63, 3.8) is 0 Å². The van der Waals surface area contributed by atoms with E-state index >= 15 is 0 Å². The van der Waals surface area contributed by atoms with Gasteiger partial charge in [0, 0.05) is 57.8 Å².